The Morgan fingerprint density at radius 2 is 1.94 bits per heavy atom. The lowest BCUT2D eigenvalue weighted by Crippen LogP contribution is -2.30. The highest BCUT2D eigenvalue weighted by Crippen LogP contribution is 2.40. The molecular weight excluding hydrogens is 543 g/mol. The van der Waals surface area contributed by atoms with Gasteiger partial charge in [0.05, 0.1) is 29.0 Å². The minimum atomic E-state index is -0.902. The van der Waals surface area contributed by atoms with Crippen molar-refractivity contribution in [3.05, 3.63) is 55.5 Å². The molecule has 2 amide bonds. The van der Waals surface area contributed by atoms with Gasteiger partial charge in [-0.1, -0.05) is 35.0 Å². The van der Waals surface area contributed by atoms with Crippen LogP contribution in [0.3, 0.4) is 0 Å². The summed E-state index contributed by atoms with van der Waals surface area (Å²) in [6.45, 7) is 2.22. The number of fused-ring (bicyclic) bond motifs is 1. The molecule has 0 unspecified atom stereocenters. The zero-order valence-corrected chi connectivity index (χ0v) is 22.7. The first-order chi connectivity index (χ1) is 17.2. The maximum Gasteiger partial charge on any atom is 0.341 e. The Kier molecular flexibility index (Phi) is 8.29. The molecule has 2 aliphatic rings. The highest BCUT2D eigenvalue weighted by atomic mass is 35.5. The van der Waals surface area contributed by atoms with Crippen LogP contribution in [-0.2, 0) is 27.2 Å². The van der Waals surface area contributed by atoms with Crippen LogP contribution in [0.5, 0.6) is 0 Å². The lowest BCUT2D eigenvalue weighted by Gasteiger charge is -2.13. The lowest BCUT2D eigenvalue weighted by molar-refractivity contribution is -0.115. The summed E-state index contributed by atoms with van der Waals surface area (Å²) in [5.41, 5.74) is 8.23. The van der Waals surface area contributed by atoms with Crippen molar-refractivity contribution in [2.45, 2.75) is 37.9 Å². The molecule has 8 nitrogen and oxygen atoms in total. The molecule has 1 aromatic carbocycles. The fourth-order valence-electron chi connectivity index (χ4n) is 4.10. The van der Waals surface area contributed by atoms with Crippen LogP contribution in [0.1, 0.15) is 40.6 Å². The van der Waals surface area contributed by atoms with Crippen molar-refractivity contribution in [2.24, 2.45) is 10.7 Å². The molecule has 1 aliphatic heterocycles. The van der Waals surface area contributed by atoms with Crippen LogP contribution < -0.4 is 16.4 Å². The lowest BCUT2D eigenvalue weighted by atomic mass is 9.95. The number of hydrogen-bond donors (Lipinski definition) is 3. The van der Waals surface area contributed by atoms with Crippen molar-refractivity contribution in [1.29, 1.82) is 0 Å². The first-order valence-electron chi connectivity index (χ1n) is 11.3. The van der Waals surface area contributed by atoms with Gasteiger partial charge >= 0.3 is 5.97 Å². The Morgan fingerprint density at radius 3 is 2.64 bits per heavy atom. The van der Waals surface area contributed by atoms with Crippen LogP contribution >= 0.6 is 46.3 Å². The third-order valence-electron chi connectivity index (χ3n) is 5.76. The van der Waals surface area contributed by atoms with Gasteiger partial charge in [-0.15, -0.1) is 11.3 Å². The van der Waals surface area contributed by atoms with E-state index in [1.54, 1.807) is 12.1 Å². The van der Waals surface area contributed by atoms with Gasteiger partial charge in [-0.2, -0.15) is 0 Å². The fourth-order valence-corrected chi connectivity index (χ4v) is 7.00. The summed E-state index contributed by atoms with van der Waals surface area (Å²) in [5.74, 6) is -1.47. The number of benzene rings is 1. The fraction of sp³-hybridized carbons (Fsp3) is 0.333. The number of anilines is 2. The number of nitrogens with two attached hydrogens (primary N) is 1. The average molecular weight is 568 g/mol. The Hall–Kier alpha value is -2.53. The van der Waals surface area contributed by atoms with Gasteiger partial charge < -0.3 is 21.1 Å². The third-order valence-corrected chi connectivity index (χ3v) is 8.77. The predicted molar refractivity (Wildman–Crippen MR) is 147 cm³/mol. The molecule has 0 saturated carbocycles. The number of thioether (sulfide) groups is 1. The van der Waals surface area contributed by atoms with Gasteiger partial charge in [0.2, 0.25) is 5.91 Å². The Morgan fingerprint density at radius 1 is 1.19 bits per heavy atom. The molecule has 0 saturated heterocycles. The second-order valence-corrected chi connectivity index (χ2v) is 11.1. The number of carbonyl (C=O) groups is 3. The highest BCUT2D eigenvalue weighted by Gasteiger charge is 2.39. The van der Waals surface area contributed by atoms with Crippen molar-refractivity contribution in [2.75, 3.05) is 24.3 Å². The molecule has 0 radical (unpaired) electrons. The number of rotatable bonds is 6. The number of amides is 2. The van der Waals surface area contributed by atoms with E-state index in [9.17, 15) is 14.4 Å². The number of ether oxygens (including phenoxy) is 1. The highest BCUT2D eigenvalue weighted by molar-refractivity contribution is 8.16. The van der Waals surface area contributed by atoms with E-state index < -0.39 is 23.0 Å². The molecule has 36 heavy (non-hydrogen) atoms. The Labute approximate surface area is 226 Å². The van der Waals surface area contributed by atoms with Gasteiger partial charge in [0.15, 0.2) is 0 Å². The van der Waals surface area contributed by atoms with E-state index in [1.165, 1.54) is 24.5 Å². The molecule has 0 spiro atoms. The number of aliphatic imine (C=N–C) groups is 1. The van der Waals surface area contributed by atoms with Crippen LogP contribution in [0.2, 0.25) is 10.0 Å². The molecule has 1 aliphatic carbocycles. The molecular formula is C24H24Cl2N4O4S2. The van der Waals surface area contributed by atoms with E-state index >= 15 is 0 Å². The molecule has 4 rings (SSSR count). The zero-order valence-electron chi connectivity index (χ0n) is 19.6. The van der Waals surface area contributed by atoms with E-state index in [-0.39, 0.29) is 16.3 Å². The molecule has 2 aromatic rings. The molecule has 4 N–H and O–H groups in total. The molecule has 1 aromatic heterocycles. The molecule has 0 fully saturated rings. The number of thiophene rings is 1. The Balaban J connectivity index is 1.62. The number of nitrogens with zero attached hydrogens (tertiary/aromatic N) is 1. The molecule has 1 atom stereocenters. The second-order valence-electron chi connectivity index (χ2n) is 8.08. The van der Waals surface area contributed by atoms with Crippen molar-refractivity contribution < 1.29 is 19.1 Å². The van der Waals surface area contributed by atoms with E-state index in [0.29, 0.717) is 32.9 Å². The van der Waals surface area contributed by atoms with Crippen molar-refractivity contribution in [3.8, 4) is 0 Å². The van der Waals surface area contributed by atoms with Gasteiger partial charge in [0, 0.05) is 22.1 Å². The van der Waals surface area contributed by atoms with Crippen molar-refractivity contribution in [3.63, 3.8) is 0 Å². The van der Waals surface area contributed by atoms with Gasteiger partial charge in [-0.3, -0.25) is 14.6 Å². The largest absolute Gasteiger partial charge is 0.465 e. The van der Waals surface area contributed by atoms with Crippen molar-refractivity contribution in [1.82, 2.24) is 0 Å². The SMILES string of the molecule is CCN=C1S[C@@H](C(=O)Nc2sc3c(c2C(=O)OC)CCCC3)C(N)=C1C(=O)Nc1ccc(Cl)cc1Cl. The van der Waals surface area contributed by atoms with Crippen LogP contribution in [0.4, 0.5) is 10.7 Å². The van der Waals surface area contributed by atoms with Gasteiger partial charge in [0.1, 0.15) is 15.3 Å². The minimum absolute atomic E-state index is 0.0771. The second kappa shape index (κ2) is 11.2. The third kappa shape index (κ3) is 5.27. The zero-order chi connectivity index (χ0) is 26.0. The van der Waals surface area contributed by atoms with Gasteiger partial charge in [0.25, 0.3) is 5.91 Å². The molecule has 0 bridgehead atoms. The van der Waals surface area contributed by atoms with E-state index in [2.05, 4.69) is 15.6 Å². The molecule has 12 heteroatoms. The van der Waals surface area contributed by atoms with E-state index in [4.69, 9.17) is 33.7 Å². The van der Waals surface area contributed by atoms with Crippen LogP contribution in [0.15, 0.2) is 34.5 Å². The quantitative estimate of drug-likeness (QED) is 0.420. The number of hydrogen-bond acceptors (Lipinski definition) is 8. The number of aryl methyl sites for hydroxylation is 1. The van der Waals surface area contributed by atoms with Crippen LogP contribution in [0, 0.1) is 0 Å². The number of esters is 1. The summed E-state index contributed by atoms with van der Waals surface area (Å²) < 4.78 is 4.99. The summed E-state index contributed by atoms with van der Waals surface area (Å²) >= 11 is 14.6. The first kappa shape index (κ1) is 26.5. The van der Waals surface area contributed by atoms with E-state index in [0.717, 1.165) is 47.9 Å². The van der Waals surface area contributed by atoms with Gasteiger partial charge in [-0.25, -0.2) is 4.79 Å². The molecule has 2 heterocycles. The maximum absolute atomic E-state index is 13.4. The normalized spacial score (nSPS) is 18.2. The van der Waals surface area contributed by atoms with Gasteiger partial charge in [-0.05, 0) is 56.4 Å². The summed E-state index contributed by atoms with van der Waals surface area (Å²) in [6.07, 6.45) is 3.62. The number of nitrogens with one attached hydrogen (secondary N) is 2. The van der Waals surface area contributed by atoms with Crippen LogP contribution in [-0.4, -0.2) is 41.7 Å². The van der Waals surface area contributed by atoms with Crippen LogP contribution in [0.25, 0.3) is 0 Å². The molecule has 190 valence electrons. The average Bonchev–Trinajstić information content (AvgIpc) is 3.37. The summed E-state index contributed by atoms with van der Waals surface area (Å²) in [5, 5.41) is 6.17. The minimum Gasteiger partial charge on any atom is -0.465 e. The first-order valence-corrected chi connectivity index (χ1v) is 13.7. The standard InChI is InChI=1S/C24H24Cl2N4O4S2/c1-3-28-22-17(20(31)29-14-9-8-11(25)10-13(14)26)18(27)19(36-22)21(32)30-23-16(24(33)34-2)12-6-4-5-7-15(12)35-23/h8-10,19H,3-7,27H2,1-2H3,(H,29,31)(H,30,32)/t19-/m1/s1. The monoisotopic (exact) mass is 566 g/mol. The number of halogens is 2. The predicted octanol–water partition coefficient (Wildman–Crippen LogP) is 5.04. The Bertz CT molecular complexity index is 1310. The van der Waals surface area contributed by atoms with Crippen molar-refractivity contribution >= 4 is 79.8 Å². The van der Waals surface area contributed by atoms with E-state index in [1.807, 2.05) is 6.92 Å². The summed E-state index contributed by atoms with van der Waals surface area (Å²) in [4.78, 5) is 44.5. The topological polar surface area (TPSA) is 123 Å². The number of methoxy groups -OCH3 is 1. The number of carbonyl (C=O) groups excluding carboxylic acids is 3. The maximum atomic E-state index is 13.4. The smallest absolute Gasteiger partial charge is 0.341 e. The summed E-state index contributed by atoms with van der Waals surface area (Å²) in [7, 11) is 1.32. The summed E-state index contributed by atoms with van der Waals surface area (Å²) in [6, 6.07) is 4.69.